The van der Waals surface area contributed by atoms with Crippen LogP contribution in [-0.2, 0) is 0 Å². The van der Waals surface area contributed by atoms with Crippen molar-refractivity contribution < 1.29 is 0 Å². The van der Waals surface area contributed by atoms with Gasteiger partial charge in [-0.05, 0) is 81.1 Å². The fraction of sp³-hybridized carbons (Fsp3) is 0.385. The summed E-state index contributed by atoms with van der Waals surface area (Å²) in [5.41, 5.74) is 4.06. The highest BCUT2D eigenvalue weighted by atomic mass is 15.0. The SMILES string of the molecule is C=C/C(=C\C=C(/C=C)NC(C)(C)C)N/C(C=C)=C/C=C(\C=C)C(C)(CC)CC. The number of nitrogens with one attached hydrogen (secondary N) is 2. The van der Waals surface area contributed by atoms with Crippen molar-refractivity contribution in [3.63, 3.8) is 0 Å². The van der Waals surface area contributed by atoms with E-state index < -0.39 is 0 Å². The normalized spacial score (nSPS) is 14.4. The van der Waals surface area contributed by atoms with Crippen molar-refractivity contribution in [3.8, 4) is 0 Å². The van der Waals surface area contributed by atoms with Crippen LogP contribution in [0.15, 0.2) is 97.6 Å². The number of rotatable bonds is 12. The van der Waals surface area contributed by atoms with Crippen molar-refractivity contribution in [1.29, 1.82) is 0 Å². The Balaban J connectivity index is 5.65. The molecule has 28 heavy (non-hydrogen) atoms. The van der Waals surface area contributed by atoms with Gasteiger partial charge in [0.2, 0.25) is 0 Å². The molecule has 0 radical (unpaired) electrons. The maximum Gasteiger partial charge on any atom is 0.0379 e. The van der Waals surface area contributed by atoms with Gasteiger partial charge in [-0.25, -0.2) is 0 Å². The number of hydrogen-bond donors (Lipinski definition) is 2. The van der Waals surface area contributed by atoms with Crippen LogP contribution in [0.5, 0.6) is 0 Å². The molecule has 0 saturated carbocycles. The monoisotopic (exact) mass is 380 g/mol. The first-order valence-corrected chi connectivity index (χ1v) is 9.98. The topological polar surface area (TPSA) is 24.1 Å². The van der Waals surface area contributed by atoms with E-state index in [0.29, 0.717) is 0 Å². The van der Waals surface area contributed by atoms with Gasteiger partial charge in [-0.15, -0.1) is 0 Å². The van der Waals surface area contributed by atoms with Gasteiger partial charge in [-0.2, -0.15) is 0 Å². The first-order valence-electron chi connectivity index (χ1n) is 9.98. The summed E-state index contributed by atoms with van der Waals surface area (Å²) in [6.45, 7) is 28.7. The summed E-state index contributed by atoms with van der Waals surface area (Å²) in [5.74, 6) is 0. The lowest BCUT2D eigenvalue weighted by molar-refractivity contribution is 0.377. The van der Waals surface area contributed by atoms with Gasteiger partial charge in [0, 0.05) is 22.6 Å². The molecule has 0 amide bonds. The molecule has 2 N–H and O–H groups in total. The Hall–Kier alpha value is -2.48. The van der Waals surface area contributed by atoms with Crippen LogP contribution < -0.4 is 10.6 Å². The molecule has 0 rings (SSSR count). The second-order valence-corrected chi connectivity index (χ2v) is 8.07. The molecule has 0 aromatic rings. The maximum atomic E-state index is 4.00. The van der Waals surface area contributed by atoms with Crippen molar-refractivity contribution >= 4 is 0 Å². The predicted octanol–water partition coefficient (Wildman–Crippen LogP) is 7.11. The molecule has 0 fully saturated rings. The quantitative estimate of drug-likeness (QED) is 0.352. The summed E-state index contributed by atoms with van der Waals surface area (Å²) in [5, 5.41) is 6.77. The lowest BCUT2D eigenvalue weighted by Gasteiger charge is -2.28. The summed E-state index contributed by atoms with van der Waals surface area (Å²) in [6, 6.07) is 0. The molecule has 0 aliphatic heterocycles. The Morgan fingerprint density at radius 3 is 1.46 bits per heavy atom. The van der Waals surface area contributed by atoms with Gasteiger partial charge in [0.15, 0.2) is 0 Å². The lowest BCUT2D eigenvalue weighted by Crippen LogP contribution is -2.34. The van der Waals surface area contributed by atoms with Gasteiger partial charge >= 0.3 is 0 Å². The number of allylic oxidation sites excluding steroid dienone is 9. The van der Waals surface area contributed by atoms with Crippen LogP contribution in [0.25, 0.3) is 0 Å². The zero-order valence-corrected chi connectivity index (χ0v) is 18.9. The van der Waals surface area contributed by atoms with Crippen molar-refractivity contribution in [2.24, 2.45) is 5.41 Å². The molecule has 0 heterocycles. The van der Waals surface area contributed by atoms with Gasteiger partial charge in [0.25, 0.3) is 0 Å². The van der Waals surface area contributed by atoms with Crippen LogP contribution >= 0.6 is 0 Å². The Labute approximate surface area is 173 Å². The van der Waals surface area contributed by atoms with Gasteiger partial charge in [0.05, 0.1) is 0 Å². The van der Waals surface area contributed by atoms with E-state index in [1.165, 1.54) is 5.57 Å². The van der Waals surface area contributed by atoms with E-state index in [2.05, 4.69) is 84.6 Å². The molecule has 154 valence electrons. The van der Waals surface area contributed by atoms with Gasteiger partial charge in [-0.1, -0.05) is 59.2 Å². The van der Waals surface area contributed by atoms with Crippen LogP contribution in [-0.4, -0.2) is 5.54 Å². The molecule has 0 aliphatic carbocycles. The fourth-order valence-corrected chi connectivity index (χ4v) is 2.61. The van der Waals surface area contributed by atoms with Crippen molar-refractivity contribution in [2.45, 2.75) is 59.9 Å². The minimum atomic E-state index is -0.0289. The van der Waals surface area contributed by atoms with Gasteiger partial charge < -0.3 is 10.6 Å². The molecular weight excluding hydrogens is 340 g/mol. The van der Waals surface area contributed by atoms with Crippen LogP contribution in [0, 0.1) is 5.41 Å². The average molecular weight is 381 g/mol. The van der Waals surface area contributed by atoms with Crippen molar-refractivity contribution in [2.75, 3.05) is 0 Å². The molecule has 0 saturated heterocycles. The third-order valence-electron chi connectivity index (χ3n) is 4.83. The van der Waals surface area contributed by atoms with Crippen molar-refractivity contribution in [3.05, 3.63) is 97.6 Å². The Morgan fingerprint density at radius 1 is 0.679 bits per heavy atom. The molecule has 2 nitrogen and oxygen atoms in total. The molecule has 2 heteroatoms. The number of hydrogen-bond acceptors (Lipinski definition) is 2. The fourth-order valence-electron chi connectivity index (χ4n) is 2.61. The first kappa shape index (κ1) is 25.5. The molecule has 0 bridgehead atoms. The summed E-state index contributed by atoms with van der Waals surface area (Å²) >= 11 is 0. The van der Waals surface area contributed by atoms with Crippen molar-refractivity contribution in [1.82, 2.24) is 10.6 Å². The largest absolute Gasteiger partial charge is 0.380 e. The zero-order valence-electron chi connectivity index (χ0n) is 18.9. The molecule has 0 atom stereocenters. The highest BCUT2D eigenvalue weighted by Gasteiger charge is 2.22. The molecule has 0 spiro atoms. The van der Waals surface area contributed by atoms with Crippen LogP contribution in [0.4, 0.5) is 0 Å². The molecular formula is C26H40N2. The van der Waals surface area contributed by atoms with E-state index in [4.69, 9.17) is 0 Å². The maximum absolute atomic E-state index is 4.00. The van der Waals surface area contributed by atoms with Crippen LogP contribution in [0.1, 0.15) is 54.4 Å². The van der Waals surface area contributed by atoms with E-state index in [9.17, 15) is 0 Å². The summed E-state index contributed by atoms with van der Waals surface area (Å²) in [6.07, 6.45) is 17.6. The van der Waals surface area contributed by atoms with E-state index >= 15 is 0 Å². The van der Waals surface area contributed by atoms with Gasteiger partial charge in [-0.3, -0.25) is 0 Å². The molecule has 0 aromatic carbocycles. The Kier molecular flexibility index (Phi) is 11.0. The molecule has 0 aliphatic rings. The predicted molar refractivity (Wildman–Crippen MR) is 128 cm³/mol. The third-order valence-corrected chi connectivity index (χ3v) is 4.83. The lowest BCUT2D eigenvalue weighted by atomic mass is 9.77. The second-order valence-electron chi connectivity index (χ2n) is 8.07. The standard InChI is InChI=1S/C26H40N2/c1-11-21(26(10,15-5)16-6)17-18-22(12-2)27-23(13-3)19-20-24(14-4)28-25(7,8)9/h11-14,17-20,27-28H,1-4,15-16H2,5-10H3/b21-17+,22-18+,23-19+,24-20+. The van der Waals surface area contributed by atoms with Crippen LogP contribution in [0.3, 0.4) is 0 Å². The van der Waals surface area contributed by atoms with Crippen LogP contribution in [0.2, 0.25) is 0 Å². The minimum Gasteiger partial charge on any atom is -0.380 e. The van der Waals surface area contributed by atoms with Gasteiger partial charge in [0.1, 0.15) is 0 Å². The molecule has 0 unspecified atom stereocenters. The minimum absolute atomic E-state index is 0.0289. The van der Waals surface area contributed by atoms with E-state index in [1.807, 2.05) is 30.4 Å². The average Bonchev–Trinajstić information content (AvgIpc) is 2.67. The second kappa shape index (κ2) is 12.1. The highest BCUT2D eigenvalue weighted by molar-refractivity contribution is 5.36. The summed E-state index contributed by atoms with van der Waals surface area (Å²) in [4.78, 5) is 0. The Morgan fingerprint density at radius 2 is 1.11 bits per heavy atom. The summed E-state index contributed by atoms with van der Waals surface area (Å²) in [7, 11) is 0. The Bertz CT molecular complexity index is 672. The molecule has 0 aromatic heterocycles. The first-order chi connectivity index (χ1) is 13.1. The van der Waals surface area contributed by atoms with E-state index in [-0.39, 0.29) is 11.0 Å². The smallest absolute Gasteiger partial charge is 0.0379 e. The van der Waals surface area contributed by atoms with E-state index in [1.54, 1.807) is 12.2 Å². The zero-order chi connectivity index (χ0) is 21.8. The summed E-state index contributed by atoms with van der Waals surface area (Å²) < 4.78 is 0. The van der Waals surface area contributed by atoms with E-state index in [0.717, 1.165) is 29.9 Å². The highest BCUT2D eigenvalue weighted by Crippen LogP contribution is 2.35. The third kappa shape index (κ3) is 8.94.